The number of amides is 3. The van der Waals surface area contributed by atoms with Gasteiger partial charge in [-0.15, -0.1) is 0 Å². The van der Waals surface area contributed by atoms with Crippen LogP contribution in [0.4, 0.5) is 9.59 Å². The first-order valence-corrected chi connectivity index (χ1v) is 20.8. The molecule has 2 unspecified atom stereocenters. The van der Waals surface area contributed by atoms with Gasteiger partial charge < -0.3 is 24.4 Å². The number of alkyl halides is 3. The van der Waals surface area contributed by atoms with E-state index in [4.69, 9.17) is 60.6 Å². The minimum absolute atomic E-state index is 0.0200. The summed E-state index contributed by atoms with van der Waals surface area (Å²) in [4.78, 5) is 45.3. The second kappa shape index (κ2) is 18.1. The number of nitrogens with zero attached hydrogens (tertiary/aromatic N) is 2. The molecule has 0 radical (unpaired) electrons. The fraction of sp³-hybridized carbons (Fsp3) is 0.477. The number of carbonyl (C=O) groups is 3. The molecule has 2 aliphatic heterocycles. The van der Waals surface area contributed by atoms with Crippen LogP contribution in [-0.2, 0) is 27.1 Å². The highest BCUT2D eigenvalue weighted by molar-refractivity contribution is 6.68. The molecule has 9 nitrogen and oxygen atoms in total. The predicted octanol–water partition coefficient (Wildman–Crippen LogP) is 10.4. The molecular weight excluding hydrogens is 808 g/mol. The molecule has 1 N–H and O–H groups in total. The Labute approximate surface area is 356 Å². The zero-order chi connectivity index (χ0) is 41.9. The molecule has 5 rings (SSSR count). The molecule has 1 saturated heterocycles. The summed E-state index contributed by atoms with van der Waals surface area (Å²) in [6, 6.07) is 18.4. The van der Waals surface area contributed by atoms with Gasteiger partial charge in [0.05, 0.1) is 18.7 Å². The first-order chi connectivity index (χ1) is 26.6. The Hall–Kier alpha value is -3.63. The zero-order valence-electron chi connectivity index (χ0n) is 33.9. The van der Waals surface area contributed by atoms with Gasteiger partial charge in [-0.1, -0.05) is 94.9 Å². The highest BCUT2D eigenvalue weighted by atomic mass is 35.6. The lowest BCUT2D eigenvalue weighted by Gasteiger charge is -2.51. The van der Waals surface area contributed by atoms with Crippen molar-refractivity contribution in [1.29, 1.82) is 0 Å². The molecule has 0 aliphatic carbocycles. The van der Waals surface area contributed by atoms with E-state index in [1.807, 2.05) is 48.5 Å². The number of nitrogens with one attached hydrogen (secondary N) is 1. The number of halogens is 4. The summed E-state index contributed by atoms with van der Waals surface area (Å²) in [6.45, 7) is 15.6. The molecule has 2 heterocycles. The van der Waals surface area contributed by atoms with Crippen molar-refractivity contribution in [1.82, 2.24) is 15.1 Å². The maximum absolute atomic E-state index is 14.5. The number of aryl methyl sites for hydroxylation is 3. The molecule has 2 atom stereocenters. The Morgan fingerprint density at radius 1 is 0.860 bits per heavy atom. The van der Waals surface area contributed by atoms with E-state index < -0.39 is 39.3 Å². The third-order valence-corrected chi connectivity index (χ3v) is 12.1. The molecular formula is C44H53Cl4N3O6. The van der Waals surface area contributed by atoms with Gasteiger partial charge in [-0.25, -0.2) is 9.59 Å². The summed E-state index contributed by atoms with van der Waals surface area (Å²) >= 11 is 25.1. The van der Waals surface area contributed by atoms with Crippen LogP contribution in [0, 0.1) is 20.8 Å². The van der Waals surface area contributed by atoms with Crippen molar-refractivity contribution in [2.75, 3.05) is 26.2 Å². The van der Waals surface area contributed by atoms with Gasteiger partial charge >= 0.3 is 12.2 Å². The fourth-order valence-electron chi connectivity index (χ4n) is 7.13. The van der Waals surface area contributed by atoms with Crippen molar-refractivity contribution in [3.8, 4) is 5.75 Å². The van der Waals surface area contributed by atoms with Crippen molar-refractivity contribution in [3.05, 3.63) is 105 Å². The SMILES string of the molecule is Cc1cc(C)c(C)c(OCCc2ccc(C3=C(C(=O)NCCCc4ccccc4Cl)C4CN(C(=O)OC(C)(C)C)CC(C3)N4C(=O)OC(C)(C)C(Cl)(Cl)Cl)cc2)c1. The van der Waals surface area contributed by atoms with Crippen molar-refractivity contribution >= 4 is 70.1 Å². The van der Waals surface area contributed by atoms with E-state index in [0.717, 1.165) is 39.1 Å². The summed E-state index contributed by atoms with van der Waals surface area (Å²) in [6.07, 6.45) is 0.898. The summed E-state index contributed by atoms with van der Waals surface area (Å²) in [5, 5.41) is 3.76. The molecule has 2 aliphatic rings. The van der Waals surface area contributed by atoms with Crippen LogP contribution in [-0.4, -0.2) is 81.2 Å². The van der Waals surface area contributed by atoms with Crippen LogP contribution in [0.1, 0.15) is 80.8 Å². The Morgan fingerprint density at radius 3 is 2.19 bits per heavy atom. The monoisotopic (exact) mass is 859 g/mol. The second-order valence-electron chi connectivity index (χ2n) is 16.4. The Morgan fingerprint density at radius 2 is 1.54 bits per heavy atom. The van der Waals surface area contributed by atoms with Crippen LogP contribution < -0.4 is 10.1 Å². The third-order valence-electron chi connectivity index (χ3n) is 10.4. The number of hydrogen-bond acceptors (Lipinski definition) is 6. The number of fused-ring (bicyclic) bond motifs is 2. The smallest absolute Gasteiger partial charge is 0.411 e. The van der Waals surface area contributed by atoms with Gasteiger partial charge in [0.1, 0.15) is 11.4 Å². The van der Waals surface area contributed by atoms with Crippen molar-refractivity contribution in [2.45, 2.75) is 108 Å². The number of carbonyl (C=O) groups excluding carboxylic acids is 3. The summed E-state index contributed by atoms with van der Waals surface area (Å²) in [7, 11) is 0. The topological polar surface area (TPSA) is 97.4 Å². The maximum atomic E-state index is 14.5. The van der Waals surface area contributed by atoms with Gasteiger partial charge in [-0.05, 0) is 126 Å². The van der Waals surface area contributed by atoms with Gasteiger partial charge in [0, 0.05) is 36.7 Å². The maximum Gasteiger partial charge on any atom is 0.411 e. The molecule has 2 bridgehead atoms. The molecule has 1 fully saturated rings. The van der Waals surface area contributed by atoms with Crippen LogP contribution in [0.3, 0.4) is 0 Å². The highest BCUT2D eigenvalue weighted by Crippen LogP contribution is 2.43. The summed E-state index contributed by atoms with van der Waals surface area (Å²) in [5.74, 6) is 0.518. The number of rotatable bonds is 11. The molecule has 3 aromatic carbocycles. The molecule has 0 saturated carbocycles. The Balaban J connectivity index is 1.47. The number of piperazine rings is 1. The van der Waals surface area contributed by atoms with Gasteiger partial charge in [0.25, 0.3) is 0 Å². The van der Waals surface area contributed by atoms with Gasteiger partial charge in [0.15, 0.2) is 5.60 Å². The van der Waals surface area contributed by atoms with E-state index >= 15 is 0 Å². The van der Waals surface area contributed by atoms with Crippen LogP contribution in [0.2, 0.25) is 5.02 Å². The lowest BCUT2D eigenvalue weighted by Crippen LogP contribution is -2.66. The molecule has 3 amide bonds. The van der Waals surface area contributed by atoms with Crippen LogP contribution in [0.5, 0.6) is 5.75 Å². The lowest BCUT2D eigenvalue weighted by molar-refractivity contribution is -0.118. The molecule has 3 aromatic rings. The molecule has 0 aromatic heterocycles. The first-order valence-electron chi connectivity index (χ1n) is 19.3. The number of benzene rings is 3. The number of hydrogen-bond donors (Lipinski definition) is 1. The second-order valence-corrected chi connectivity index (χ2v) is 19.1. The minimum Gasteiger partial charge on any atom is -0.493 e. The predicted molar refractivity (Wildman–Crippen MR) is 229 cm³/mol. The Bertz CT molecular complexity index is 1990. The largest absolute Gasteiger partial charge is 0.493 e. The van der Waals surface area contributed by atoms with E-state index in [-0.39, 0.29) is 25.4 Å². The fourth-order valence-corrected chi connectivity index (χ4v) is 7.48. The van der Waals surface area contributed by atoms with Crippen molar-refractivity contribution in [3.63, 3.8) is 0 Å². The van der Waals surface area contributed by atoms with E-state index in [0.29, 0.717) is 43.0 Å². The van der Waals surface area contributed by atoms with Gasteiger partial charge in [-0.3, -0.25) is 9.69 Å². The van der Waals surface area contributed by atoms with Crippen LogP contribution >= 0.6 is 46.4 Å². The zero-order valence-corrected chi connectivity index (χ0v) is 37.0. The average molecular weight is 862 g/mol. The van der Waals surface area contributed by atoms with Crippen molar-refractivity contribution in [2.24, 2.45) is 0 Å². The van der Waals surface area contributed by atoms with Gasteiger partial charge in [-0.2, -0.15) is 0 Å². The number of ether oxygens (including phenoxy) is 3. The average Bonchev–Trinajstić information content (AvgIpc) is 3.11. The van der Waals surface area contributed by atoms with E-state index in [1.54, 1.807) is 25.7 Å². The summed E-state index contributed by atoms with van der Waals surface area (Å²) in [5.41, 5.74) is 5.19. The highest BCUT2D eigenvalue weighted by Gasteiger charge is 2.51. The van der Waals surface area contributed by atoms with E-state index in [2.05, 4.69) is 38.2 Å². The molecule has 0 spiro atoms. The lowest BCUT2D eigenvalue weighted by atomic mass is 9.81. The normalized spacial score (nSPS) is 17.3. The standard InChI is InChI=1S/C44H53Cl4N3O6/c1-27-22-28(2)29(3)37(23-27)55-21-19-30-15-17-31(18-16-30)34-24-33-25-50(40(53)56-42(4,5)6)26-36(51(33)41(54)57-43(7,8)44(46,47)48)38(34)39(52)49-20-11-13-32-12-9-10-14-35(32)45/h9-10,12,14-18,22-23,33,36H,11,13,19-21,24-26H2,1-8H3,(H,49,52). The van der Waals surface area contributed by atoms with Gasteiger partial charge in [0.2, 0.25) is 9.70 Å². The Kier molecular flexibility index (Phi) is 14.1. The molecule has 13 heteroatoms. The quantitative estimate of drug-likeness (QED) is 0.152. The van der Waals surface area contributed by atoms with E-state index in [9.17, 15) is 14.4 Å². The molecule has 308 valence electrons. The first kappa shape index (κ1) is 44.5. The summed E-state index contributed by atoms with van der Waals surface area (Å²) < 4.78 is 15.9. The third kappa shape index (κ3) is 11.1. The van der Waals surface area contributed by atoms with Crippen LogP contribution in [0.25, 0.3) is 5.57 Å². The minimum atomic E-state index is -1.94. The van der Waals surface area contributed by atoms with E-state index in [1.165, 1.54) is 24.3 Å². The van der Waals surface area contributed by atoms with Crippen LogP contribution in [0.15, 0.2) is 66.2 Å². The molecule has 57 heavy (non-hydrogen) atoms. The van der Waals surface area contributed by atoms with Crippen molar-refractivity contribution < 1.29 is 28.6 Å².